The lowest BCUT2D eigenvalue weighted by Gasteiger charge is -2.19. The summed E-state index contributed by atoms with van der Waals surface area (Å²) in [5.74, 6) is -0.970. The van der Waals surface area contributed by atoms with Gasteiger partial charge in [-0.1, -0.05) is 13.3 Å². The summed E-state index contributed by atoms with van der Waals surface area (Å²) in [5, 5.41) is 6.28. The van der Waals surface area contributed by atoms with Crippen LogP contribution in [0.3, 0.4) is 0 Å². The van der Waals surface area contributed by atoms with E-state index in [9.17, 15) is 9.59 Å². The number of hydrogen-bond donors (Lipinski definition) is 1. The normalized spacial score (nSPS) is 20.5. The summed E-state index contributed by atoms with van der Waals surface area (Å²) in [5.41, 5.74) is 0. The van der Waals surface area contributed by atoms with Gasteiger partial charge in [0.15, 0.2) is 0 Å². The molecule has 1 amide bonds. The fourth-order valence-corrected chi connectivity index (χ4v) is 1.49. The van der Waals surface area contributed by atoms with Gasteiger partial charge >= 0.3 is 0 Å². The number of nitrogens with one attached hydrogen (secondary N) is 1. The Morgan fingerprint density at radius 3 is 3.07 bits per heavy atom. The monoisotopic (exact) mass is 194 g/mol. The van der Waals surface area contributed by atoms with E-state index < -0.39 is 5.92 Å². The summed E-state index contributed by atoms with van der Waals surface area (Å²) in [7, 11) is 0. The minimum atomic E-state index is -0.616. The number of amides is 1. The molecule has 1 aliphatic rings. The van der Waals surface area contributed by atoms with Crippen LogP contribution in [-0.4, -0.2) is 26.6 Å². The van der Waals surface area contributed by atoms with Crippen molar-refractivity contribution in [2.75, 3.05) is 5.32 Å². The minimum Gasteiger partial charge on any atom is -0.294 e. The van der Waals surface area contributed by atoms with Crippen molar-refractivity contribution < 1.29 is 9.59 Å². The van der Waals surface area contributed by atoms with Gasteiger partial charge in [0.1, 0.15) is 12.2 Å². The number of anilines is 1. The molecule has 2 heterocycles. The molecule has 0 bridgehead atoms. The van der Waals surface area contributed by atoms with Crippen molar-refractivity contribution in [3.8, 4) is 0 Å². The third kappa shape index (κ3) is 1.19. The molecular formula is C8H10N4O2. The standard InChI is InChI=1S/C8H10N4O2/c1-2-3-5-6(13)11-8-9-4-10-12(8)7(5)14/h4-5H,2-3H2,1H3,(H,9,10,11,13). The van der Waals surface area contributed by atoms with Gasteiger partial charge < -0.3 is 0 Å². The molecule has 0 aliphatic carbocycles. The van der Waals surface area contributed by atoms with E-state index in [1.807, 2.05) is 6.92 Å². The highest BCUT2D eigenvalue weighted by Crippen LogP contribution is 2.18. The molecule has 1 unspecified atom stereocenters. The molecule has 14 heavy (non-hydrogen) atoms. The zero-order chi connectivity index (χ0) is 10.1. The Morgan fingerprint density at radius 2 is 2.36 bits per heavy atom. The predicted octanol–water partition coefficient (Wildman–Crippen LogP) is 0.287. The first-order valence-electron chi connectivity index (χ1n) is 4.49. The Balaban J connectivity index is 2.34. The van der Waals surface area contributed by atoms with E-state index in [1.54, 1.807) is 0 Å². The lowest BCUT2D eigenvalue weighted by atomic mass is 10.0. The molecule has 0 aromatic carbocycles. The summed E-state index contributed by atoms with van der Waals surface area (Å²) in [6.45, 7) is 1.93. The Morgan fingerprint density at radius 1 is 1.57 bits per heavy atom. The smallest absolute Gasteiger partial charge is 0.262 e. The van der Waals surface area contributed by atoms with Crippen LogP contribution in [0.1, 0.15) is 24.6 Å². The zero-order valence-corrected chi connectivity index (χ0v) is 7.73. The van der Waals surface area contributed by atoms with E-state index in [-0.39, 0.29) is 17.8 Å². The lowest BCUT2D eigenvalue weighted by molar-refractivity contribution is -0.119. The second-order valence-corrected chi connectivity index (χ2v) is 3.16. The van der Waals surface area contributed by atoms with E-state index in [0.29, 0.717) is 6.42 Å². The highest BCUT2D eigenvalue weighted by molar-refractivity contribution is 6.10. The maximum Gasteiger partial charge on any atom is 0.262 e. The minimum absolute atomic E-state index is 0.215. The Bertz CT molecular complexity index is 384. The van der Waals surface area contributed by atoms with Gasteiger partial charge in [-0.05, 0) is 6.42 Å². The van der Waals surface area contributed by atoms with Gasteiger partial charge in [-0.25, -0.2) is 0 Å². The maximum atomic E-state index is 11.7. The van der Waals surface area contributed by atoms with Crippen LogP contribution < -0.4 is 5.32 Å². The van der Waals surface area contributed by atoms with Crippen molar-refractivity contribution in [3.63, 3.8) is 0 Å². The van der Waals surface area contributed by atoms with Gasteiger partial charge in [0, 0.05) is 0 Å². The van der Waals surface area contributed by atoms with Crippen LogP contribution in [0.5, 0.6) is 0 Å². The van der Waals surface area contributed by atoms with Gasteiger partial charge in [-0.3, -0.25) is 14.9 Å². The summed E-state index contributed by atoms with van der Waals surface area (Å²) in [4.78, 5) is 26.9. The molecule has 6 heteroatoms. The molecule has 1 aliphatic heterocycles. The van der Waals surface area contributed by atoms with E-state index in [2.05, 4.69) is 15.4 Å². The van der Waals surface area contributed by atoms with Gasteiger partial charge in [-0.2, -0.15) is 14.8 Å². The Labute approximate surface area is 80.3 Å². The zero-order valence-electron chi connectivity index (χ0n) is 7.73. The van der Waals surface area contributed by atoms with E-state index in [0.717, 1.165) is 11.1 Å². The first-order valence-corrected chi connectivity index (χ1v) is 4.49. The molecule has 0 saturated carbocycles. The van der Waals surface area contributed by atoms with Crippen LogP contribution in [0.4, 0.5) is 5.95 Å². The average molecular weight is 194 g/mol. The van der Waals surface area contributed by atoms with Crippen molar-refractivity contribution >= 4 is 17.8 Å². The highest BCUT2D eigenvalue weighted by Gasteiger charge is 2.34. The van der Waals surface area contributed by atoms with E-state index >= 15 is 0 Å². The fraction of sp³-hybridized carbons (Fsp3) is 0.500. The van der Waals surface area contributed by atoms with Gasteiger partial charge in [0.25, 0.3) is 5.91 Å². The molecule has 0 fully saturated rings. The highest BCUT2D eigenvalue weighted by atomic mass is 16.2. The van der Waals surface area contributed by atoms with Gasteiger partial charge in [0.05, 0.1) is 0 Å². The van der Waals surface area contributed by atoms with Crippen LogP contribution in [-0.2, 0) is 4.79 Å². The molecule has 1 N–H and O–H groups in total. The largest absolute Gasteiger partial charge is 0.294 e. The summed E-state index contributed by atoms with van der Waals surface area (Å²) in [6, 6.07) is 0. The van der Waals surface area contributed by atoms with Crippen LogP contribution in [0.2, 0.25) is 0 Å². The second-order valence-electron chi connectivity index (χ2n) is 3.16. The third-order valence-corrected chi connectivity index (χ3v) is 2.18. The number of carbonyl (C=O) groups excluding carboxylic acids is 2. The molecular weight excluding hydrogens is 184 g/mol. The molecule has 6 nitrogen and oxygen atoms in total. The van der Waals surface area contributed by atoms with Crippen molar-refractivity contribution in [2.24, 2.45) is 5.92 Å². The topological polar surface area (TPSA) is 76.9 Å². The Hall–Kier alpha value is -1.72. The molecule has 1 atom stereocenters. The summed E-state index contributed by atoms with van der Waals surface area (Å²) < 4.78 is 1.14. The first kappa shape index (κ1) is 8.86. The van der Waals surface area contributed by atoms with Crippen molar-refractivity contribution in [1.82, 2.24) is 14.8 Å². The third-order valence-electron chi connectivity index (χ3n) is 2.18. The van der Waals surface area contributed by atoms with Crippen LogP contribution in [0.15, 0.2) is 6.33 Å². The molecule has 0 saturated heterocycles. The quantitative estimate of drug-likeness (QED) is 0.686. The molecule has 74 valence electrons. The van der Waals surface area contributed by atoms with Crippen molar-refractivity contribution in [3.05, 3.63) is 6.33 Å². The Kier molecular flexibility index (Phi) is 2.03. The fourth-order valence-electron chi connectivity index (χ4n) is 1.49. The van der Waals surface area contributed by atoms with E-state index in [1.165, 1.54) is 6.33 Å². The van der Waals surface area contributed by atoms with Crippen molar-refractivity contribution in [1.29, 1.82) is 0 Å². The molecule has 2 rings (SSSR count). The maximum absolute atomic E-state index is 11.7. The SMILES string of the molecule is CCCC1C(=O)Nc2ncnn2C1=O. The number of nitrogens with zero attached hydrogens (tertiary/aromatic N) is 3. The summed E-state index contributed by atoms with van der Waals surface area (Å²) >= 11 is 0. The van der Waals surface area contributed by atoms with Gasteiger partial charge in [0.2, 0.25) is 11.9 Å². The predicted molar refractivity (Wildman–Crippen MR) is 47.7 cm³/mol. The number of rotatable bonds is 2. The first-order chi connectivity index (χ1) is 6.74. The van der Waals surface area contributed by atoms with Gasteiger partial charge in [-0.15, -0.1) is 0 Å². The van der Waals surface area contributed by atoms with Crippen LogP contribution in [0.25, 0.3) is 0 Å². The second kappa shape index (κ2) is 3.21. The number of carbonyl (C=O) groups is 2. The molecule has 1 aromatic rings. The van der Waals surface area contributed by atoms with Crippen LogP contribution >= 0.6 is 0 Å². The molecule has 0 radical (unpaired) electrons. The lowest BCUT2D eigenvalue weighted by Crippen LogP contribution is -2.39. The van der Waals surface area contributed by atoms with E-state index in [4.69, 9.17) is 0 Å². The van der Waals surface area contributed by atoms with Crippen LogP contribution in [0, 0.1) is 5.92 Å². The van der Waals surface area contributed by atoms with Crippen molar-refractivity contribution in [2.45, 2.75) is 19.8 Å². The molecule has 1 aromatic heterocycles. The summed E-state index contributed by atoms with van der Waals surface area (Å²) in [6.07, 6.45) is 2.58. The molecule has 0 spiro atoms. The average Bonchev–Trinajstić information content (AvgIpc) is 2.60. The number of aromatic nitrogens is 3. The number of hydrogen-bond acceptors (Lipinski definition) is 4. The number of fused-ring (bicyclic) bond motifs is 1.